The average molecular weight is 401 g/mol. The second kappa shape index (κ2) is 10.8. The summed E-state index contributed by atoms with van der Waals surface area (Å²) in [5, 5.41) is -5.06. The average Bonchev–Trinajstić information content (AvgIpc) is 2.54. The molecule has 154 valence electrons. The molecule has 0 radical (unpaired) electrons. The highest BCUT2D eigenvalue weighted by atomic mass is 32.2. The number of halogens is 2. The lowest BCUT2D eigenvalue weighted by atomic mass is 9.91. The van der Waals surface area contributed by atoms with Crippen LogP contribution in [0.25, 0.3) is 0 Å². The van der Waals surface area contributed by atoms with Crippen LogP contribution in [0.2, 0.25) is 0 Å². The molecule has 0 saturated carbocycles. The van der Waals surface area contributed by atoms with Crippen LogP contribution in [0.3, 0.4) is 0 Å². The SMILES string of the molecule is CCC(C)(C)C(=O)OCCCCCCCCOC(=O)C(F)(F)S(=O)(=O)[O-]. The minimum absolute atomic E-state index is 0.223. The normalized spacial score (nSPS) is 12.7. The van der Waals surface area contributed by atoms with Gasteiger partial charge in [-0.25, -0.2) is 13.2 Å². The van der Waals surface area contributed by atoms with Crippen molar-refractivity contribution in [1.29, 1.82) is 0 Å². The number of rotatable bonds is 13. The Morgan fingerprint density at radius 3 is 1.65 bits per heavy atom. The lowest BCUT2D eigenvalue weighted by Crippen LogP contribution is -2.39. The first-order valence-corrected chi connectivity index (χ1v) is 9.94. The summed E-state index contributed by atoms with van der Waals surface area (Å²) in [5.74, 6) is -2.57. The van der Waals surface area contributed by atoms with Gasteiger partial charge in [0.1, 0.15) is 0 Å². The van der Waals surface area contributed by atoms with Gasteiger partial charge < -0.3 is 14.0 Å². The number of esters is 2. The van der Waals surface area contributed by atoms with Crippen molar-refractivity contribution in [1.82, 2.24) is 0 Å². The molecule has 0 aromatic carbocycles. The molecule has 0 aliphatic rings. The van der Waals surface area contributed by atoms with E-state index >= 15 is 0 Å². The largest absolute Gasteiger partial charge is 0.743 e. The second-order valence-electron chi connectivity index (χ2n) is 6.60. The molecule has 7 nitrogen and oxygen atoms in total. The fraction of sp³-hybridized carbons (Fsp3) is 0.875. The predicted octanol–water partition coefficient (Wildman–Crippen LogP) is 2.99. The summed E-state index contributed by atoms with van der Waals surface area (Å²) in [6.07, 6.45) is 4.69. The summed E-state index contributed by atoms with van der Waals surface area (Å²) in [4.78, 5) is 22.6. The van der Waals surface area contributed by atoms with E-state index in [-0.39, 0.29) is 19.0 Å². The molecular weight excluding hydrogens is 374 g/mol. The van der Waals surface area contributed by atoms with E-state index in [0.29, 0.717) is 25.9 Å². The van der Waals surface area contributed by atoms with Gasteiger partial charge in [0.25, 0.3) is 0 Å². The number of hydrogen-bond donors (Lipinski definition) is 0. The molecule has 0 N–H and O–H groups in total. The molecule has 0 spiro atoms. The molecule has 0 aromatic heterocycles. The molecule has 0 bridgehead atoms. The molecule has 0 aliphatic heterocycles. The Labute approximate surface area is 153 Å². The van der Waals surface area contributed by atoms with Crippen LogP contribution in [0.15, 0.2) is 0 Å². The number of hydrogen-bond acceptors (Lipinski definition) is 7. The van der Waals surface area contributed by atoms with Gasteiger partial charge in [-0.2, -0.15) is 8.78 Å². The summed E-state index contributed by atoms with van der Waals surface area (Å²) in [7, 11) is -6.07. The molecule has 0 aliphatic carbocycles. The Hall–Kier alpha value is -1.29. The quantitative estimate of drug-likeness (QED) is 0.265. The van der Waals surface area contributed by atoms with Crippen molar-refractivity contribution in [2.45, 2.75) is 71.0 Å². The van der Waals surface area contributed by atoms with Crippen molar-refractivity contribution in [2.75, 3.05) is 13.2 Å². The van der Waals surface area contributed by atoms with Crippen LogP contribution in [0.1, 0.15) is 65.7 Å². The van der Waals surface area contributed by atoms with Crippen LogP contribution in [-0.2, 0) is 29.2 Å². The van der Waals surface area contributed by atoms with Crippen LogP contribution in [0, 0.1) is 5.41 Å². The van der Waals surface area contributed by atoms with Crippen LogP contribution < -0.4 is 0 Å². The van der Waals surface area contributed by atoms with Gasteiger partial charge >= 0.3 is 17.2 Å². The van der Waals surface area contributed by atoms with Gasteiger partial charge in [0, 0.05) is 0 Å². The summed E-state index contributed by atoms with van der Waals surface area (Å²) in [6, 6.07) is 0. The van der Waals surface area contributed by atoms with E-state index in [1.54, 1.807) is 0 Å². The molecule has 0 saturated heterocycles. The van der Waals surface area contributed by atoms with Crippen molar-refractivity contribution < 1.29 is 40.8 Å². The van der Waals surface area contributed by atoms with E-state index < -0.39 is 26.8 Å². The summed E-state index contributed by atoms with van der Waals surface area (Å²) in [5.41, 5.74) is -0.486. The topological polar surface area (TPSA) is 110 Å². The zero-order valence-corrected chi connectivity index (χ0v) is 16.2. The maximum Gasteiger partial charge on any atom is 0.428 e. The second-order valence-corrected chi connectivity index (χ2v) is 8.02. The van der Waals surface area contributed by atoms with Gasteiger partial charge in [-0.1, -0.05) is 32.6 Å². The standard InChI is InChI=1S/C16H28F2O7S/c1-4-15(2,3)13(19)24-11-9-7-5-6-8-10-12-25-14(20)16(17,18)26(21,22)23/h4-12H2,1-3H3,(H,21,22,23)/p-1. The highest BCUT2D eigenvalue weighted by molar-refractivity contribution is 7.87. The fourth-order valence-electron chi connectivity index (χ4n) is 1.77. The van der Waals surface area contributed by atoms with Gasteiger partial charge in [-0.05, 0) is 33.1 Å². The summed E-state index contributed by atoms with van der Waals surface area (Å²) < 4.78 is 65.6. The van der Waals surface area contributed by atoms with Crippen LogP contribution in [0.4, 0.5) is 8.78 Å². The molecule has 0 heterocycles. The molecule has 0 rings (SSSR count). The molecular formula is C16H27F2O7S-. The Balaban J connectivity index is 3.70. The molecule has 0 amide bonds. The smallest absolute Gasteiger partial charge is 0.428 e. The lowest BCUT2D eigenvalue weighted by molar-refractivity contribution is -0.161. The Morgan fingerprint density at radius 1 is 0.885 bits per heavy atom. The summed E-state index contributed by atoms with van der Waals surface area (Å²) in [6.45, 7) is 5.53. The summed E-state index contributed by atoms with van der Waals surface area (Å²) >= 11 is 0. The predicted molar refractivity (Wildman–Crippen MR) is 88.3 cm³/mol. The monoisotopic (exact) mass is 401 g/mol. The molecule has 0 aromatic rings. The fourth-order valence-corrected chi connectivity index (χ4v) is 2.03. The van der Waals surface area contributed by atoms with Crippen molar-refractivity contribution in [3.8, 4) is 0 Å². The van der Waals surface area contributed by atoms with Gasteiger partial charge in [-0.3, -0.25) is 4.79 Å². The maximum absolute atomic E-state index is 12.8. The highest BCUT2D eigenvalue weighted by Crippen LogP contribution is 2.22. The Bertz CT molecular complexity index is 559. The first kappa shape index (κ1) is 24.7. The van der Waals surface area contributed by atoms with E-state index in [1.165, 1.54) is 0 Å². The Morgan fingerprint density at radius 2 is 1.27 bits per heavy atom. The maximum atomic E-state index is 12.8. The third kappa shape index (κ3) is 8.39. The minimum atomic E-state index is -6.07. The number of carbonyl (C=O) groups excluding carboxylic acids is 2. The van der Waals surface area contributed by atoms with E-state index in [4.69, 9.17) is 4.74 Å². The molecule has 0 fully saturated rings. The zero-order chi connectivity index (χ0) is 20.4. The third-order valence-corrected chi connectivity index (χ3v) is 4.79. The number of alkyl halides is 2. The van der Waals surface area contributed by atoms with Gasteiger partial charge in [0.05, 0.1) is 18.6 Å². The van der Waals surface area contributed by atoms with Crippen LogP contribution in [0.5, 0.6) is 0 Å². The van der Waals surface area contributed by atoms with Crippen molar-refractivity contribution in [3.05, 3.63) is 0 Å². The molecule has 0 unspecified atom stereocenters. The van der Waals surface area contributed by atoms with Gasteiger partial charge in [-0.15, -0.1) is 0 Å². The van der Waals surface area contributed by atoms with Crippen molar-refractivity contribution in [2.24, 2.45) is 5.41 Å². The van der Waals surface area contributed by atoms with E-state index in [1.807, 2.05) is 20.8 Å². The number of ether oxygens (including phenoxy) is 2. The molecule has 10 heteroatoms. The first-order valence-electron chi connectivity index (χ1n) is 8.54. The minimum Gasteiger partial charge on any atom is -0.743 e. The Kier molecular flexibility index (Phi) is 10.2. The zero-order valence-electron chi connectivity index (χ0n) is 15.4. The highest BCUT2D eigenvalue weighted by Gasteiger charge is 2.48. The van der Waals surface area contributed by atoms with Crippen molar-refractivity contribution in [3.63, 3.8) is 0 Å². The van der Waals surface area contributed by atoms with Crippen molar-refractivity contribution >= 4 is 22.1 Å². The van der Waals surface area contributed by atoms with Crippen LogP contribution in [-0.4, -0.2) is 43.4 Å². The van der Waals surface area contributed by atoms with Gasteiger partial charge in [0.2, 0.25) is 0 Å². The third-order valence-electron chi connectivity index (χ3n) is 3.99. The first-order chi connectivity index (χ1) is 11.9. The molecule has 26 heavy (non-hydrogen) atoms. The van der Waals surface area contributed by atoms with E-state index in [0.717, 1.165) is 19.3 Å². The molecule has 0 atom stereocenters. The number of unbranched alkanes of at least 4 members (excludes halogenated alkanes) is 5. The van der Waals surface area contributed by atoms with E-state index in [2.05, 4.69) is 4.74 Å². The van der Waals surface area contributed by atoms with Gasteiger partial charge in [0.15, 0.2) is 10.1 Å². The van der Waals surface area contributed by atoms with E-state index in [9.17, 15) is 31.3 Å². The van der Waals surface area contributed by atoms with Crippen LogP contribution >= 0.6 is 0 Å². The lowest BCUT2D eigenvalue weighted by Gasteiger charge is -2.20. The number of carbonyl (C=O) groups is 2.